The molecule has 9 heteroatoms. The predicted octanol–water partition coefficient (Wildman–Crippen LogP) is 3.59. The molecule has 0 aliphatic rings. The highest BCUT2D eigenvalue weighted by atomic mass is 35.5. The Hall–Kier alpha value is -3.00. The van der Waals surface area contributed by atoms with Gasteiger partial charge in [-0.3, -0.25) is 9.48 Å². The number of aryl methyl sites for hydroxylation is 1. The molecule has 3 rings (SSSR count). The Morgan fingerprint density at radius 3 is 2.62 bits per heavy atom. The lowest BCUT2D eigenvalue weighted by atomic mass is 10.2. The van der Waals surface area contributed by atoms with E-state index in [-0.39, 0.29) is 11.8 Å². The number of alkyl halides is 1. The van der Waals surface area contributed by atoms with Crippen LogP contribution in [-0.2, 0) is 7.05 Å². The van der Waals surface area contributed by atoms with Crippen LogP contribution in [0.15, 0.2) is 42.6 Å². The molecule has 2 aromatic heterocycles. The Morgan fingerprint density at radius 1 is 1.27 bits per heavy atom. The zero-order chi connectivity index (χ0) is 18.7. The molecular formula is C17H13ClF2N4O2. The number of benzene rings is 1. The number of amides is 1. The second-order valence-corrected chi connectivity index (χ2v) is 5.45. The van der Waals surface area contributed by atoms with Crippen LogP contribution in [0.3, 0.4) is 0 Å². The van der Waals surface area contributed by atoms with Crippen LogP contribution in [0.5, 0.6) is 5.88 Å². The average Bonchev–Trinajstić information content (AvgIpc) is 3.01. The van der Waals surface area contributed by atoms with Gasteiger partial charge in [0, 0.05) is 24.9 Å². The van der Waals surface area contributed by atoms with Gasteiger partial charge >= 0.3 is 0 Å². The minimum absolute atomic E-state index is 0.00578. The van der Waals surface area contributed by atoms with Gasteiger partial charge in [0.15, 0.2) is 11.8 Å². The maximum Gasteiger partial charge on any atom is 0.276 e. The monoisotopic (exact) mass is 378 g/mol. The second kappa shape index (κ2) is 7.49. The van der Waals surface area contributed by atoms with Crippen LogP contribution in [0.4, 0.5) is 14.5 Å². The van der Waals surface area contributed by atoms with E-state index in [0.717, 1.165) is 12.1 Å². The van der Waals surface area contributed by atoms with E-state index in [0.29, 0.717) is 17.1 Å². The molecule has 0 spiro atoms. The number of hydrogen-bond donors (Lipinski definition) is 1. The first-order chi connectivity index (χ1) is 12.5. The summed E-state index contributed by atoms with van der Waals surface area (Å²) < 4.78 is 33.9. The maximum atomic E-state index is 13.7. The van der Waals surface area contributed by atoms with Gasteiger partial charge in [0.25, 0.3) is 5.91 Å². The van der Waals surface area contributed by atoms with Crippen LogP contribution in [0.25, 0.3) is 11.3 Å². The summed E-state index contributed by atoms with van der Waals surface area (Å²) in [6, 6.07) is 8.15. The standard InChI is InChI=1S/C17H13ClF2N4O2/c1-24-14(10-5-6-15(21-8-10)26-9-18)7-13(23-24)17(25)22-16-11(19)3-2-4-12(16)20/h2-8H,9H2,1H3,(H,22,25). The maximum absolute atomic E-state index is 13.7. The van der Waals surface area contributed by atoms with Crippen molar-refractivity contribution in [2.45, 2.75) is 0 Å². The summed E-state index contributed by atoms with van der Waals surface area (Å²) in [6.07, 6.45) is 1.54. The number of halogens is 3. The van der Waals surface area contributed by atoms with Crippen molar-refractivity contribution in [3.63, 3.8) is 0 Å². The number of nitrogens with one attached hydrogen (secondary N) is 1. The molecule has 134 valence electrons. The number of aromatic nitrogens is 3. The highest BCUT2D eigenvalue weighted by Gasteiger charge is 2.18. The lowest BCUT2D eigenvalue weighted by Crippen LogP contribution is -2.15. The minimum Gasteiger partial charge on any atom is -0.461 e. The van der Waals surface area contributed by atoms with E-state index in [9.17, 15) is 13.6 Å². The van der Waals surface area contributed by atoms with Gasteiger partial charge in [-0.1, -0.05) is 17.7 Å². The summed E-state index contributed by atoms with van der Waals surface area (Å²) in [5, 5.41) is 6.28. The first kappa shape index (κ1) is 17.8. The summed E-state index contributed by atoms with van der Waals surface area (Å²) in [7, 11) is 1.64. The number of pyridine rings is 1. The summed E-state index contributed by atoms with van der Waals surface area (Å²) >= 11 is 5.47. The number of rotatable bonds is 5. The zero-order valence-electron chi connectivity index (χ0n) is 13.5. The van der Waals surface area contributed by atoms with Crippen molar-refractivity contribution >= 4 is 23.2 Å². The molecule has 0 fully saturated rings. The van der Waals surface area contributed by atoms with E-state index in [2.05, 4.69) is 15.4 Å². The third kappa shape index (κ3) is 3.65. The Balaban J connectivity index is 1.84. The van der Waals surface area contributed by atoms with Crippen LogP contribution < -0.4 is 10.1 Å². The van der Waals surface area contributed by atoms with Gasteiger partial charge in [0.05, 0.1) is 5.69 Å². The third-order valence-corrected chi connectivity index (χ3v) is 3.66. The molecule has 6 nitrogen and oxygen atoms in total. The van der Waals surface area contributed by atoms with Gasteiger partial charge in [0.1, 0.15) is 17.3 Å². The molecule has 3 aromatic rings. The number of para-hydroxylation sites is 1. The fourth-order valence-electron chi connectivity index (χ4n) is 2.32. The Labute approximate surface area is 152 Å². The van der Waals surface area contributed by atoms with Crippen molar-refractivity contribution in [3.05, 3.63) is 59.9 Å². The van der Waals surface area contributed by atoms with Gasteiger partial charge in [-0.05, 0) is 24.3 Å². The van der Waals surface area contributed by atoms with E-state index in [1.54, 1.807) is 19.2 Å². The van der Waals surface area contributed by atoms with Crippen molar-refractivity contribution in [2.24, 2.45) is 7.05 Å². The van der Waals surface area contributed by atoms with E-state index in [4.69, 9.17) is 16.3 Å². The second-order valence-electron chi connectivity index (χ2n) is 5.23. The lowest BCUT2D eigenvalue weighted by Gasteiger charge is -2.05. The van der Waals surface area contributed by atoms with Gasteiger partial charge < -0.3 is 10.1 Å². The molecule has 0 radical (unpaired) electrons. The normalized spacial score (nSPS) is 10.6. The van der Waals surface area contributed by atoms with Crippen molar-refractivity contribution < 1.29 is 18.3 Å². The van der Waals surface area contributed by atoms with Gasteiger partial charge in [-0.15, -0.1) is 0 Å². The number of hydrogen-bond acceptors (Lipinski definition) is 4. The molecule has 0 atom stereocenters. The summed E-state index contributed by atoms with van der Waals surface area (Å²) in [5.41, 5.74) is 0.757. The van der Waals surface area contributed by atoms with Crippen LogP contribution in [0.2, 0.25) is 0 Å². The molecule has 1 aromatic carbocycles. The molecule has 1 N–H and O–H groups in total. The number of nitrogens with zero attached hydrogens (tertiary/aromatic N) is 3. The number of anilines is 1. The minimum atomic E-state index is -0.867. The molecule has 26 heavy (non-hydrogen) atoms. The summed E-state index contributed by atoms with van der Waals surface area (Å²) in [4.78, 5) is 16.4. The number of ether oxygens (including phenoxy) is 1. The molecule has 0 unspecified atom stereocenters. The topological polar surface area (TPSA) is 69.0 Å². The fourth-order valence-corrected chi connectivity index (χ4v) is 2.43. The smallest absolute Gasteiger partial charge is 0.276 e. The number of carbonyl (C=O) groups excluding carboxylic acids is 1. The fraction of sp³-hybridized carbons (Fsp3) is 0.118. The summed E-state index contributed by atoms with van der Waals surface area (Å²) in [5.74, 6) is -2.10. The zero-order valence-corrected chi connectivity index (χ0v) is 14.3. The van der Waals surface area contributed by atoms with E-state index < -0.39 is 23.2 Å². The Bertz CT molecular complexity index is 924. The van der Waals surface area contributed by atoms with Crippen molar-refractivity contribution in [2.75, 3.05) is 11.4 Å². The predicted molar refractivity (Wildman–Crippen MR) is 92.1 cm³/mol. The van der Waals surface area contributed by atoms with Crippen LogP contribution in [0.1, 0.15) is 10.5 Å². The summed E-state index contributed by atoms with van der Waals surface area (Å²) in [6.45, 7) is 0. The Morgan fingerprint density at radius 2 is 2.00 bits per heavy atom. The lowest BCUT2D eigenvalue weighted by molar-refractivity contribution is 0.102. The average molecular weight is 379 g/mol. The molecule has 0 saturated carbocycles. The highest BCUT2D eigenvalue weighted by Crippen LogP contribution is 2.23. The molecule has 1 amide bonds. The first-order valence-electron chi connectivity index (χ1n) is 7.44. The Kier molecular flexibility index (Phi) is 5.13. The molecule has 0 saturated heterocycles. The van der Waals surface area contributed by atoms with Crippen LogP contribution in [0, 0.1) is 11.6 Å². The largest absolute Gasteiger partial charge is 0.461 e. The van der Waals surface area contributed by atoms with E-state index in [1.807, 2.05) is 0 Å². The molecular weight excluding hydrogens is 366 g/mol. The quantitative estimate of drug-likeness (QED) is 0.689. The van der Waals surface area contributed by atoms with Gasteiger partial charge in [-0.2, -0.15) is 5.10 Å². The molecule has 2 heterocycles. The van der Waals surface area contributed by atoms with Gasteiger partial charge in [0.2, 0.25) is 5.88 Å². The first-order valence-corrected chi connectivity index (χ1v) is 7.97. The molecule has 0 bridgehead atoms. The van der Waals surface area contributed by atoms with Crippen molar-refractivity contribution in [3.8, 4) is 17.1 Å². The SMILES string of the molecule is Cn1nc(C(=O)Nc2c(F)cccc2F)cc1-c1ccc(OCCl)nc1. The van der Waals surface area contributed by atoms with Crippen LogP contribution in [-0.4, -0.2) is 26.7 Å². The van der Waals surface area contributed by atoms with Crippen LogP contribution >= 0.6 is 11.6 Å². The molecule has 0 aliphatic heterocycles. The van der Waals surface area contributed by atoms with Crippen molar-refractivity contribution in [1.82, 2.24) is 14.8 Å². The van der Waals surface area contributed by atoms with Gasteiger partial charge in [-0.25, -0.2) is 13.8 Å². The van der Waals surface area contributed by atoms with E-state index >= 15 is 0 Å². The third-order valence-electron chi connectivity index (χ3n) is 3.55. The molecule has 0 aliphatic carbocycles. The van der Waals surface area contributed by atoms with Crippen molar-refractivity contribution in [1.29, 1.82) is 0 Å². The number of carbonyl (C=O) groups is 1. The van der Waals surface area contributed by atoms with E-state index in [1.165, 1.54) is 23.0 Å². The highest BCUT2D eigenvalue weighted by molar-refractivity contribution is 6.17.